The van der Waals surface area contributed by atoms with Crippen LogP contribution in [-0.2, 0) is 9.59 Å². The van der Waals surface area contributed by atoms with Crippen LogP contribution in [0, 0.1) is 0 Å². The van der Waals surface area contributed by atoms with Gasteiger partial charge in [0.25, 0.3) is 5.91 Å². The van der Waals surface area contributed by atoms with Crippen molar-refractivity contribution in [3.63, 3.8) is 0 Å². The van der Waals surface area contributed by atoms with Gasteiger partial charge in [-0.3, -0.25) is 14.9 Å². The van der Waals surface area contributed by atoms with Crippen LogP contribution < -0.4 is 15.4 Å². The molecule has 0 bridgehead atoms. The molecule has 0 saturated heterocycles. The van der Waals surface area contributed by atoms with E-state index in [1.54, 1.807) is 35.0 Å². The predicted octanol–water partition coefficient (Wildman–Crippen LogP) is 3.53. The van der Waals surface area contributed by atoms with Crippen molar-refractivity contribution in [3.05, 3.63) is 64.4 Å². The Morgan fingerprint density at radius 1 is 1.21 bits per heavy atom. The molecule has 0 fully saturated rings. The third-order valence-electron chi connectivity index (χ3n) is 4.34. The molecule has 29 heavy (non-hydrogen) atoms. The molecule has 3 aromatic rings. The summed E-state index contributed by atoms with van der Waals surface area (Å²) in [7, 11) is 0. The fourth-order valence-electron chi connectivity index (χ4n) is 2.97. The van der Waals surface area contributed by atoms with Crippen LogP contribution in [0.4, 0.5) is 11.6 Å². The molecule has 1 atom stereocenters. The van der Waals surface area contributed by atoms with Crippen molar-refractivity contribution in [2.75, 3.05) is 17.2 Å². The molecule has 10 heteroatoms. The lowest BCUT2D eigenvalue weighted by molar-refractivity contribution is -0.118. The number of nitrogens with zero attached hydrogens (tertiary/aromatic N) is 3. The number of ether oxygens (including phenoxy) is 1. The highest BCUT2D eigenvalue weighted by Gasteiger charge is 2.27. The Bertz CT molecular complexity index is 1070. The SMILES string of the molecule is O=C(COc1ccc(C2CC(=O)Nc3ncnn32)cc1)Nc1ccc(Cl)c(Cl)c1. The van der Waals surface area contributed by atoms with Crippen molar-refractivity contribution < 1.29 is 14.3 Å². The molecular weight excluding hydrogens is 417 g/mol. The molecule has 1 aromatic heterocycles. The molecule has 2 heterocycles. The molecule has 8 nitrogen and oxygen atoms in total. The molecule has 0 saturated carbocycles. The van der Waals surface area contributed by atoms with Crippen molar-refractivity contribution in [2.45, 2.75) is 12.5 Å². The predicted molar refractivity (Wildman–Crippen MR) is 108 cm³/mol. The minimum Gasteiger partial charge on any atom is -0.484 e. The van der Waals surface area contributed by atoms with Crippen LogP contribution in [0.1, 0.15) is 18.0 Å². The van der Waals surface area contributed by atoms with E-state index in [9.17, 15) is 9.59 Å². The molecule has 4 rings (SSSR count). The highest BCUT2D eigenvalue weighted by Crippen LogP contribution is 2.29. The van der Waals surface area contributed by atoms with Gasteiger partial charge in [0.15, 0.2) is 6.61 Å². The van der Waals surface area contributed by atoms with E-state index in [-0.39, 0.29) is 30.9 Å². The summed E-state index contributed by atoms with van der Waals surface area (Å²) in [5.41, 5.74) is 1.42. The summed E-state index contributed by atoms with van der Waals surface area (Å²) in [6.07, 6.45) is 1.67. The van der Waals surface area contributed by atoms with E-state index in [0.717, 1.165) is 5.56 Å². The summed E-state index contributed by atoms with van der Waals surface area (Å²) in [5, 5.41) is 10.3. The molecule has 1 aliphatic heterocycles. The zero-order valence-corrected chi connectivity index (χ0v) is 16.4. The standard InChI is InChI=1S/C19H15Cl2N5O3/c20-14-6-3-12(7-15(14)21)24-18(28)9-29-13-4-1-11(2-5-13)16-8-17(27)25-19-22-10-23-26(16)19/h1-7,10,16H,8-9H2,(H,24,28)(H,22,23,25,27). The lowest BCUT2D eigenvalue weighted by Gasteiger charge is -2.23. The van der Waals surface area contributed by atoms with Gasteiger partial charge < -0.3 is 10.1 Å². The van der Waals surface area contributed by atoms with Gasteiger partial charge in [-0.2, -0.15) is 10.1 Å². The molecule has 1 aliphatic rings. The largest absolute Gasteiger partial charge is 0.484 e. The first kappa shape index (κ1) is 19.2. The van der Waals surface area contributed by atoms with E-state index < -0.39 is 0 Å². The normalized spacial score (nSPS) is 15.4. The molecule has 1 unspecified atom stereocenters. The van der Waals surface area contributed by atoms with Gasteiger partial charge in [0.2, 0.25) is 11.9 Å². The van der Waals surface area contributed by atoms with E-state index in [1.807, 2.05) is 12.1 Å². The first-order valence-corrected chi connectivity index (χ1v) is 9.42. The second kappa shape index (κ2) is 8.10. The van der Waals surface area contributed by atoms with Gasteiger partial charge in [-0.15, -0.1) is 0 Å². The summed E-state index contributed by atoms with van der Waals surface area (Å²) in [6.45, 7) is -0.168. The van der Waals surface area contributed by atoms with Crippen molar-refractivity contribution in [1.82, 2.24) is 14.8 Å². The summed E-state index contributed by atoms with van der Waals surface area (Å²) in [6, 6.07) is 11.7. The van der Waals surface area contributed by atoms with E-state index in [2.05, 4.69) is 20.7 Å². The Labute approximate surface area is 175 Å². The van der Waals surface area contributed by atoms with Gasteiger partial charge >= 0.3 is 0 Å². The number of anilines is 2. The molecule has 148 valence electrons. The van der Waals surface area contributed by atoms with Crippen molar-refractivity contribution in [3.8, 4) is 5.75 Å². The highest BCUT2D eigenvalue weighted by atomic mass is 35.5. The van der Waals surface area contributed by atoms with Gasteiger partial charge in [-0.05, 0) is 35.9 Å². The van der Waals surface area contributed by atoms with Crippen LogP contribution in [0.25, 0.3) is 0 Å². The molecule has 0 radical (unpaired) electrons. The smallest absolute Gasteiger partial charge is 0.262 e. The number of rotatable bonds is 5. The Kier molecular flexibility index (Phi) is 5.37. The van der Waals surface area contributed by atoms with Crippen LogP contribution >= 0.6 is 23.2 Å². The molecule has 2 N–H and O–H groups in total. The first-order valence-electron chi connectivity index (χ1n) is 8.66. The average molecular weight is 432 g/mol. The maximum Gasteiger partial charge on any atom is 0.262 e. The summed E-state index contributed by atoms with van der Waals surface area (Å²) >= 11 is 11.8. The number of carbonyl (C=O) groups excluding carboxylic acids is 2. The van der Waals surface area contributed by atoms with Gasteiger partial charge in [0.1, 0.15) is 12.1 Å². The molecule has 2 amide bonds. The van der Waals surface area contributed by atoms with E-state index in [1.165, 1.54) is 6.33 Å². The lowest BCUT2D eigenvalue weighted by atomic mass is 10.0. The van der Waals surface area contributed by atoms with Gasteiger partial charge in [0, 0.05) is 5.69 Å². The monoisotopic (exact) mass is 431 g/mol. The Balaban J connectivity index is 1.37. The van der Waals surface area contributed by atoms with Crippen LogP contribution in [0.2, 0.25) is 10.0 Å². The molecule has 0 spiro atoms. The van der Waals surface area contributed by atoms with Gasteiger partial charge in [0.05, 0.1) is 22.5 Å². The number of hydrogen-bond donors (Lipinski definition) is 2. The van der Waals surface area contributed by atoms with Crippen molar-refractivity contribution >= 4 is 46.7 Å². The van der Waals surface area contributed by atoms with Gasteiger partial charge in [-0.25, -0.2) is 4.68 Å². The molecule has 2 aromatic carbocycles. The Hall–Kier alpha value is -3.10. The Morgan fingerprint density at radius 3 is 2.76 bits per heavy atom. The number of nitrogens with one attached hydrogen (secondary N) is 2. The minimum atomic E-state index is -0.330. The fraction of sp³-hybridized carbons (Fsp3) is 0.158. The second-order valence-corrected chi connectivity index (χ2v) is 7.15. The van der Waals surface area contributed by atoms with Crippen molar-refractivity contribution in [2.24, 2.45) is 0 Å². The van der Waals surface area contributed by atoms with E-state index in [0.29, 0.717) is 27.4 Å². The number of hydrogen-bond acceptors (Lipinski definition) is 5. The van der Waals surface area contributed by atoms with Crippen LogP contribution in [0.3, 0.4) is 0 Å². The molecule has 0 aliphatic carbocycles. The third kappa shape index (κ3) is 4.33. The summed E-state index contributed by atoms with van der Waals surface area (Å²) in [4.78, 5) is 28.0. The topological polar surface area (TPSA) is 98.1 Å². The zero-order chi connectivity index (χ0) is 20.4. The van der Waals surface area contributed by atoms with E-state index in [4.69, 9.17) is 27.9 Å². The zero-order valence-electron chi connectivity index (χ0n) is 14.9. The number of carbonyl (C=O) groups is 2. The number of halogens is 2. The van der Waals surface area contributed by atoms with Gasteiger partial charge in [-0.1, -0.05) is 35.3 Å². The number of fused-ring (bicyclic) bond motifs is 1. The molecular formula is C19H15Cl2N5O3. The first-order chi connectivity index (χ1) is 14.0. The number of amides is 2. The highest BCUT2D eigenvalue weighted by molar-refractivity contribution is 6.42. The number of aromatic nitrogens is 3. The summed E-state index contributed by atoms with van der Waals surface area (Å²) < 4.78 is 7.20. The van der Waals surface area contributed by atoms with E-state index >= 15 is 0 Å². The minimum absolute atomic E-state index is 0.116. The second-order valence-electron chi connectivity index (χ2n) is 6.33. The van der Waals surface area contributed by atoms with Crippen LogP contribution in [0.15, 0.2) is 48.8 Å². The van der Waals surface area contributed by atoms with Crippen LogP contribution in [-0.4, -0.2) is 33.2 Å². The Morgan fingerprint density at radius 2 is 2.00 bits per heavy atom. The lowest BCUT2D eigenvalue weighted by Crippen LogP contribution is -2.29. The quantitative estimate of drug-likeness (QED) is 0.643. The van der Waals surface area contributed by atoms with Crippen molar-refractivity contribution in [1.29, 1.82) is 0 Å². The maximum absolute atomic E-state index is 12.1. The average Bonchev–Trinajstić information content (AvgIpc) is 3.17. The third-order valence-corrected chi connectivity index (χ3v) is 5.08. The fourth-order valence-corrected chi connectivity index (χ4v) is 3.27. The van der Waals surface area contributed by atoms with Crippen LogP contribution in [0.5, 0.6) is 5.75 Å². The summed E-state index contributed by atoms with van der Waals surface area (Å²) in [5.74, 6) is 0.501. The number of benzene rings is 2. The maximum atomic E-state index is 12.1.